The number of fused-ring (bicyclic) bond motifs is 1. The minimum absolute atomic E-state index is 0.328. The molecule has 2 heterocycles. The zero-order chi connectivity index (χ0) is 16.6. The first kappa shape index (κ1) is 15.4. The van der Waals surface area contributed by atoms with Crippen molar-refractivity contribution >= 4 is 28.6 Å². The number of anilines is 1. The van der Waals surface area contributed by atoms with Gasteiger partial charge in [0.05, 0.1) is 12.3 Å². The third kappa shape index (κ3) is 2.88. The Morgan fingerprint density at radius 3 is 2.87 bits per heavy atom. The first-order valence-corrected chi connectivity index (χ1v) is 7.67. The van der Waals surface area contributed by atoms with Crippen molar-refractivity contribution in [2.45, 2.75) is 26.3 Å². The van der Waals surface area contributed by atoms with E-state index in [0.717, 1.165) is 17.3 Å². The Kier molecular flexibility index (Phi) is 3.75. The number of aromatic nitrogens is 1. The lowest BCUT2D eigenvalue weighted by molar-refractivity contribution is -0.155. The molecule has 1 unspecified atom stereocenters. The maximum atomic E-state index is 12.3. The van der Waals surface area contributed by atoms with E-state index in [1.54, 1.807) is 0 Å². The number of nitrogens with one attached hydrogen (secondary N) is 2. The number of nitrogens with zero attached hydrogens (tertiary/aromatic N) is 1. The molecule has 1 aliphatic rings. The second-order valence-corrected chi connectivity index (χ2v) is 6.60. The standard InChI is InChI=1S/C17H21N3O3/c1-17(2)8-10-23-15(21)14(17)19-16(22)18-12-5-4-6-13-11(12)7-9-20(13)3/h4-7,9,14H,8,10H2,1-3H3,(H2,18,19,22). The highest BCUT2D eigenvalue weighted by molar-refractivity contribution is 6.01. The van der Waals surface area contributed by atoms with Gasteiger partial charge in [-0.15, -0.1) is 0 Å². The molecule has 1 aromatic heterocycles. The molecule has 122 valence electrons. The Morgan fingerprint density at radius 1 is 1.35 bits per heavy atom. The molecule has 0 aliphatic carbocycles. The van der Waals surface area contributed by atoms with Crippen LogP contribution >= 0.6 is 0 Å². The summed E-state index contributed by atoms with van der Waals surface area (Å²) in [5.41, 5.74) is 1.41. The number of ether oxygens (including phenoxy) is 1. The van der Waals surface area contributed by atoms with Crippen LogP contribution in [0.2, 0.25) is 0 Å². The van der Waals surface area contributed by atoms with E-state index in [4.69, 9.17) is 4.74 Å². The van der Waals surface area contributed by atoms with E-state index in [2.05, 4.69) is 10.6 Å². The number of aryl methyl sites for hydroxylation is 1. The maximum absolute atomic E-state index is 12.3. The maximum Gasteiger partial charge on any atom is 0.329 e. The summed E-state index contributed by atoms with van der Waals surface area (Å²) in [6, 6.07) is 6.61. The average molecular weight is 315 g/mol. The number of carbonyl (C=O) groups excluding carboxylic acids is 2. The quantitative estimate of drug-likeness (QED) is 0.837. The Hall–Kier alpha value is -2.50. The summed E-state index contributed by atoms with van der Waals surface area (Å²) in [6.45, 7) is 4.31. The van der Waals surface area contributed by atoms with E-state index in [1.165, 1.54) is 0 Å². The highest BCUT2D eigenvalue weighted by atomic mass is 16.5. The van der Waals surface area contributed by atoms with Crippen LogP contribution in [0, 0.1) is 5.41 Å². The van der Waals surface area contributed by atoms with Crippen LogP contribution in [0.25, 0.3) is 10.9 Å². The number of hydrogen-bond donors (Lipinski definition) is 2. The van der Waals surface area contributed by atoms with Crippen LogP contribution in [0.1, 0.15) is 20.3 Å². The first-order valence-electron chi connectivity index (χ1n) is 7.67. The normalized spacial score (nSPS) is 20.1. The van der Waals surface area contributed by atoms with E-state index in [9.17, 15) is 9.59 Å². The number of carbonyl (C=O) groups is 2. The van der Waals surface area contributed by atoms with Crippen LogP contribution in [-0.4, -0.2) is 29.2 Å². The third-order valence-electron chi connectivity index (χ3n) is 4.46. The average Bonchev–Trinajstić information content (AvgIpc) is 2.86. The smallest absolute Gasteiger partial charge is 0.329 e. The number of amides is 2. The molecule has 1 atom stereocenters. The molecule has 2 N–H and O–H groups in total. The number of urea groups is 1. The van der Waals surface area contributed by atoms with E-state index in [0.29, 0.717) is 12.3 Å². The molecule has 1 aliphatic heterocycles. The molecular formula is C17H21N3O3. The molecule has 1 saturated heterocycles. The van der Waals surface area contributed by atoms with Gasteiger partial charge in [0.2, 0.25) is 0 Å². The van der Waals surface area contributed by atoms with Gasteiger partial charge in [-0.25, -0.2) is 9.59 Å². The Morgan fingerprint density at radius 2 is 2.13 bits per heavy atom. The summed E-state index contributed by atoms with van der Waals surface area (Å²) < 4.78 is 7.05. The highest BCUT2D eigenvalue weighted by Crippen LogP contribution is 2.30. The van der Waals surface area contributed by atoms with E-state index in [-0.39, 0.29) is 11.4 Å². The van der Waals surface area contributed by atoms with E-state index < -0.39 is 12.1 Å². The van der Waals surface area contributed by atoms with Crippen molar-refractivity contribution in [1.82, 2.24) is 9.88 Å². The predicted molar refractivity (Wildman–Crippen MR) is 88.2 cm³/mol. The van der Waals surface area contributed by atoms with Crippen molar-refractivity contribution in [3.63, 3.8) is 0 Å². The fourth-order valence-corrected chi connectivity index (χ4v) is 2.92. The molecule has 0 bridgehead atoms. The van der Waals surface area contributed by atoms with Gasteiger partial charge in [0.1, 0.15) is 6.04 Å². The summed E-state index contributed by atoms with van der Waals surface area (Å²) >= 11 is 0. The molecule has 6 nitrogen and oxygen atoms in total. The lowest BCUT2D eigenvalue weighted by Gasteiger charge is -2.36. The van der Waals surface area contributed by atoms with Gasteiger partial charge in [0.25, 0.3) is 0 Å². The summed E-state index contributed by atoms with van der Waals surface area (Å²) in [5, 5.41) is 6.53. The Labute approximate surface area is 134 Å². The van der Waals surface area contributed by atoms with E-state index >= 15 is 0 Å². The summed E-state index contributed by atoms with van der Waals surface area (Å²) in [6.07, 6.45) is 2.66. The van der Waals surface area contributed by atoms with Gasteiger partial charge in [0.15, 0.2) is 0 Å². The molecular weight excluding hydrogens is 294 g/mol. The van der Waals surface area contributed by atoms with Gasteiger partial charge in [0, 0.05) is 24.1 Å². The Balaban J connectivity index is 1.77. The van der Waals surface area contributed by atoms with Crippen molar-refractivity contribution in [2.75, 3.05) is 11.9 Å². The van der Waals surface area contributed by atoms with Gasteiger partial charge < -0.3 is 19.9 Å². The molecule has 0 radical (unpaired) electrons. The zero-order valence-corrected chi connectivity index (χ0v) is 13.6. The van der Waals surface area contributed by atoms with Crippen LogP contribution in [0.4, 0.5) is 10.5 Å². The zero-order valence-electron chi connectivity index (χ0n) is 13.6. The molecule has 3 rings (SSSR count). The molecule has 2 aromatic rings. The van der Waals surface area contributed by atoms with Crippen LogP contribution < -0.4 is 10.6 Å². The van der Waals surface area contributed by atoms with Crippen LogP contribution in [0.15, 0.2) is 30.5 Å². The van der Waals surface area contributed by atoms with Gasteiger partial charge in [-0.2, -0.15) is 0 Å². The van der Waals surface area contributed by atoms with Crippen molar-refractivity contribution in [1.29, 1.82) is 0 Å². The molecule has 1 aromatic carbocycles. The minimum atomic E-state index is -0.647. The fourth-order valence-electron chi connectivity index (χ4n) is 2.92. The highest BCUT2D eigenvalue weighted by Gasteiger charge is 2.41. The molecule has 6 heteroatoms. The lowest BCUT2D eigenvalue weighted by Crippen LogP contribution is -2.55. The van der Waals surface area contributed by atoms with Crippen molar-refractivity contribution in [3.8, 4) is 0 Å². The summed E-state index contributed by atoms with van der Waals surface area (Å²) in [4.78, 5) is 24.3. The minimum Gasteiger partial charge on any atom is -0.464 e. The van der Waals surface area contributed by atoms with Gasteiger partial charge in [-0.1, -0.05) is 19.9 Å². The summed E-state index contributed by atoms with van der Waals surface area (Å²) in [5.74, 6) is -0.380. The lowest BCUT2D eigenvalue weighted by atomic mass is 9.80. The first-order chi connectivity index (χ1) is 10.9. The topological polar surface area (TPSA) is 72.4 Å². The molecule has 1 fully saturated rings. The second-order valence-electron chi connectivity index (χ2n) is 6.60. The van der Waals surface area contributed by atoms with Crippen molar-refractivity contribution in [3.05, 3.63) is 30.5 Å². The van der Waals surface area contributed by atoms with Crippen molar-refractivity contribution < 1.29 is 14.3 Å². The SMILES string of the molecule is Cn1ccc2c(NC(=O)NC3C(=O)OCCC3(C)C)cccc21. The Bertz CT molecular complexity index is 764. The van der Waals surface area contributed by atoms with Gasteiger partial charge in [-0.3, -0.25) is 0 Å². The molecule has 0 spiro atoms. The number of cyclic esters (lactones) is 1. The van der Waals surface area contributed by atoms with Crippen LogP contribution in [-0.2, 0) is 16.6 Å². The predicted octanol–water partition coefficient (Wildman–Crippen LogP) is 2.64. The van der Waals surface area contributed by atoms with Crippen LogP contribution in [0.3, 0.4) is 0 Å². The van der Waals surface area contributed by atoms with Crippen LogP contribution in [0.5, 0.6) is 0 Å². The van der Waals surface area contributed by atoms with Gasteiger partial charge >= 0.3 is 12.0 Å². The fraction of sp³-hybridized carbons (Fsp3) is 0.412. The largest absolute Gasteiger partial charge is 0.464 e. The van der Waals surface area contributed by atoms with E-state index in [1.807, 2.05) is 55.9 Å². The number of benzene rings is 1. The monoisotopic (exact) mass is 315 g/mol. The number of esters is 1. The number of rotatable bonds is 2. The summed E-state index contributed by atoms with van der Waals surface area (Å²) in [7, 11) is 1.95. The van der Waals surface area contributed by atoms with Gasteiger partial charge in [-0.05, 0) is 30.0 Å². The molecule has 0 saturated carbocycles. The molecule has 23 heavy (non-hydrogen) atoms. The number of hydrogen-bond acceptors (Lipinski definition) is 3. The third-order valence-corrected chi connectivity index (χ3v) is 4.46. The second kappa shape index (κ2) is 5.61. The molecule has 2 amide bonds. The van der Waals surface area contributed by atoms with Crippen molar-refractivity contribution in [2.24, 2.45) is 12.5 Å².